The molecule has 0 aromatic heterocycles. The highest BCUT2D eigenvalue weighted by Crippen LogP contribution is 2.40. The Morgan fingerprint density at radius 3 is 1.67 bits per heavy atom. The number of hydrogen-bond donors (Lipinski definition) is 1. The summed E-state index contributed by atoms with van der Waals surface area (Å²) in [4.78, 5) is 0. The molecule has 3 nitrogen and oxygen atoms in total. The molecule has 0 aromatic carbocycles. The largest absolute Gasteiger partial charge is 0.414 e. The smallest absolute Gasteiger partial charge is 0.192 e. The number of aliphatic hydroxyl groups excluding tert-OH is 1. The van der Waals surface area contributed by atoms with E-state index in [-0.39, 0.29) is 28.9 Å². The predicted molar refractivity (Wildman–Crippen MR) is 124 cm³/mol. The molecular weight excluding hydrogens is 368 g/mol. The molecule has 0 aromatic rings. The molecule has 162 valence electrons. The zero-order valence-corrected chi connectivity index (χ0v) is 22.5. The minimum Gasteiger partial charge on any atom is -0.414 e. The molecule has 0 bridgehead atoms. The van der Waals surface area contributed by atoms with Crippen molar-refractivity contribution in [3.63, 3.8) is 0 Å². The van der Waals surface area contributed by atoms with Crippen LogP contribution in [0, 0.1) is 5.92 Å². The third kappa shape index (κ3) is 8.52. The fourth-order valence-corrected chi connectivity index (χ4v) is 5.34. The predicted octanol–water partition coefficient (Wildman–Crippen LogP) is 6.75. The van der Waals surface area contributed by atoms with Crippen molar-refractivity contribution in [3.05, 3.63) is 11.6 Å². The second-order valence-electron chi connectivity index (χ2n) is 11.4. The van der Waals surface area contributed by atoms with Crippen molar-refractivity contribution >= 4 is 16.6 Å². The van der Waals surface area contributed by atoms with Crippen LogP contribution in [0.4, 0.5) is 0 Å². The van der Waals surface area contributed by atoms with E-state index in [1.807, 2.05) is 6.92 Å². The average Bonchev–Trinajstić information content (AvgIpc) is 2.42. The highest BCUT2D eigenvalue weighted by molar-refractivity contribution is 6.74. The lowest BCUT2D eigenvalue weighted by atomic mass is 9.96. The normalized spacial score (nSPS) is 18.4. The molecule has 0 unspecified atom stereocenters. The van der Waals surface area contributed by atoms with E-state index in [0.29, 0.717) is 5.92 Å². The van der Waals surface area contributed by atoms with Gasteiger partial charge in [-0.2, -0.15) is 0 Å². The van der Waals surface area contributed by atoms with E-state index in [2.05, 4.69) is 87.7 Å². The molecule has 27 heavy (non-hydrogen) atoms. The maximum Gasteiger partial charge on any atom is 0.192 e. The molecule has 0 saturated carbocycles. The van der Waals surface area contributed by atoms with Gasteiger partial charge in [0.05, 0.1) is 12.7 Å². The minimum absolute atomic E-state index is 0.0171. The molecule has 1 N–H and O–H groups in total. The Labute approximate surface area is 172 Å². The van der Waals surface area contributed by atoms with Crippen LogP contribution in [-0.4, -0.2) is 40.6 Å². The van der Waals surface area contributed by atoms with Gasteiger partial charge < -0.3 is 14.0 Å². The Bertz CT molecular complexity index is 485. The first-order valence-corrected chi connectivity index (χ1v) is 16.3. The standard InChI is InChI=1S/C22H48O3Si2/c1-17(16-23)14-20(25-27(12,13)22(7,8)9)18(2)15-19(3)24-26(10,11)21(4,5)6/h14,18-20,23H,15-16H2,1-13H3/b17-14+/t18-,19-,20-/m1/s1. The Hall–Kier alpha value is 0.0538. The first-order chi connectivity index (χ1) is 11.8. The van der Waals surface area contributed by atoms with Gasteiger partial charge in [0.1, 0.15) is 0 Å². The van der Waals surface area contributed by atoms with Crippen LogP contribution in [-0.2, 0) is 8.85 Å². The first kappa shape index (κ1) is 27.1. The fraction of sp³-hybridized carbons (Fsp3) is 0.909. The summed E-state index contributed by atoms with van der Waals surface area (Å²) >= 11 is 0. The molecule has 0 amide bonds. The number of rotatable bonds is 9. The Morgan fingerprint density at radius 2 is 1.30 bits per heavy atom. The summed E-state index contributed by atoms with van der Waals surface area (Å²) < 4.78 is 13.3. The highest BCUT2D eigenvalue weighted by atomic mass is 28.4. The topological polar surface area (TPSA) is 38.7 Å². The summed E-state index contributed by atoms with van der Waals surface area (Å²) in [6.45, 7) is 29.4. The lowest BCUT2D eigenvalue weighted by Crippen LogP contribution is -2.46. The SMILES string of the molecule is C/C(=C\[C@@H](O[Si](C)(C)C(C)(C)C)[C@H](C)C[C@@H](C)O[Si](C)(C)C(C)(C)C)CO. The van der Waals surface area contributed by atoms with E-state index < -0.39 is 16.6 Å². The van der Waals surface area contributed by atoms with Gasteiger partial charge in [0.25, 0.3) is 0 Å². The van der Waals surface area contributed by atoms with Gasteiger partial charge in [-0.25, -0.2) is 0 Å². The van der Waals surface area contributed by atoms with Crippen molar-refractivity contribution in [1.82, 2.24) is 0 Å². The number of hydrogen-bond acceptors (Lipinski definition) is 3. The molecule has 0 saturated heterocycles. The second-order valence-corrected chi connectivity index (χ2v) is 20.9. The van der Waals surface area contributed by atoms with Gasteiger partial charge in [-0.15, -0.1) is 0 Å². The lowest BCUT2D eigenvalue weighted by molar-refractivity contribution is 0.112. The molecule has 0 aliphatic heterocycles. The summed E-state index contributed by atoms with van der Waals surface area (Å²) in [7, 11) is -3.67. The summed E-state index contributed by atoms with van der Waals surface area (Å²) in [5, 5.41) is 9.90. The Kier molecular flexibility index (Phi) is 9.72. The molecule has 3 atom stereocenters. The van der Waals surface area contributed by atoms with E-state index in [9.17, 15) is 5.11 Å². The van der Waals surface area contributed by atoms with Gasteiger partial charge in [0, 0.05) is 6.10 Å². The van der Waals surface area contributed by atoms with Crippen molar-refractivity contribution in [3.8, 4) is 0 Å². The monoisotopic (exact) mass is 416 g/mol. The van der Waals surface area contributed by atoms with Crippen molar-refractivity contribution in [1.29, 1.82) is 0 Å². The van der Waals surface area contributed by atoms with Crippen LogP contribution in [0.25, 0.3) is 0 Å². The van der Waals surface area contributed by atoms with E-state index >= 15 is 0 Å². The molecule has 0 heterocycles. The zero-order valence-electron chi connectivity index (χ0n) is 20.5. The average molecular weight is 417 g/mol. The highest BCUT2D eigenvalue weighted by Gasteiger charge is 2.41. The van der Waals surface area contributed by atoms with Crippen LogP contribution in [0.3, 0.4) is 0 Å². The van der Waals surface area contributed by atoms with Crippen molar-refractivity contribution < 1.29 is 14.0 Å². The van der Waals surface area contributed by atoms with E-state index in [0.717, 1.165) is 12.0 Å². The van der Waals surface area contributed by atoms with Crippen LogP contribution >= 0.6 is 0 Å². The van der Waals surface area contributed by atoms with E-state index in [1.54, 1.807) is 0 Å². The third-order valence-electron chi connectivity index (χ3n) is 6.50. The zero-order chi connectivity index (χ0) is 21.8. The van der Waals surface area contributed by atoms with Crippen LogP contribution in [0.1, 0.15) is 68.7 Å². The summed E-state index contributed by atoms with van der Waals surface area (Å²) in [6.07, 6.45) is 3.31. The van der Waals surface area contributed by atoms with Crippen molar-refractivity contribution in [2.45, 2.75) is 117 Å². The summed E-state index contributed by atoms with van der Waals surface area (Å²) in [6, 6.07) is 0. The van der Waals surface area contributed by atoms with Gasteiger partial charge in [0.2, 0.25) is 0 Å². The molecule has 0 aliphatic rings. The fourth-order valence-electron chi connectivity index (χ4n) is 2.55. The lowest BCUT2D eigenvalue weighted by Gasteiger charge is -2.42. The van der Waals surface area contributed by atoms with Crippen LogP contribution in [0.2, 0.25) is 36.3 Å². The van der Waals surface area contributed by atoms with Gasteiger partial charge >= 0.3 is 0 Å². The molecule has 0 radical (unpaired) electrons. The molecule has 0 spiro atoms. The maximum absolute atomic E-state index is 9.52. The van der Waals surface area contributed by atoms with Gasteiger partial charge in [-0.3, -0.25) is 0 Å². The summed E-state index contributed by atoms with van der Waals surface area (Å²) in [5.41, 5.74) is 0.975. The van der Waals surface area contributed by atoms with E-state index in [1.165, 1.54) is 0 Å². The van der Waals surface area contributed by atoms with Gasteiger partial charge in [0.15, 0.2) is 16.6 Å². The molecule has 0 aliphatic carbocycles. The van der Waals surface area contributed by atoms with Crippen LogP contribution < -0.4 is 0 Å². The van der Waals surface area contributed by atoms with Gasteiger partial charge in [-0.1, -0.05) is 54.5 Å². The third-order valence-corrected chi connectivity index (χ3v) is 15.6. The Balaban J connectivity index is 5.35. The molecule has 0 fully saturated rings. The molecular formula is C22H48O3Si2. The van der Waals surface area contributed by atoms with Crippen LogP contribution in [0.5, 0.6) is 0 Å². The molecule has 0 rings (SSSR count). The quantitative estimate of drug-likeness (QED) is 0.333. The van der Waals surface area contributed by atoms with Gasteiger partial charge in [-0.05, 0) is 68.0 Å². The summed E-state index contributed by atoms with van der Waals surface area (Å²) in [5.74, 6) is 0.334. The minimum atomic E-state index is -1.90. The van der Waals surface area contributed by atoms with E-state index in [4.69, 9.17) is 8.85 Å². The maximum atomic E-state index is 9.52. The second kappa shape index (κ2) is 9.70. The van der Waals surface area contributed by atoms with Crippen molar-refractivity contribution in [2.24, 2.45) is 5.92 Å². The Morgan fingerprint density at radius 1 is 0.889 bits per heavy atom. The first-order valence-electron chi connectivity index (χ1n) is 10.5. The van der Waals surface area contributed by atoms with Crippen LogP contribution in [0.15, 0.2) is 11.6 Å². The van der Waals surface area contributed by atoms with Crippen molar-refractivity contribution in [2.75, 3.05) is 6.61 Å². The number of aliphatic hydroxyl groups is 1. The molecule has 5 heteroatoms.